The maximum absolute atomic E-state index is 11.9. The van der Waals surface area contributed by atoms with Crippen LogP contribution in [0.4, 0.5) is 0 Å². The van der Waals surface area contributed by atoms with E-state index in [0.717, 1.165) is 5.56 Å². The van der Waals surface area contributed by atoms with E-state index in [4.69, 9.17) is 11.6 Å². The van der Waals surface area contributed by atoms with Gasteiger partial charge in [-0.1, -0.05) is 26.0 Å². The fraction of sp³-hybridized carbons (Fsp3) is 0.417. The number of sulfonamides is 1. The Morgan fingerprint density at radius 1 is 1.17 bits per heavy atom. The predicted molar refractivity (Wildman–Crippen MR) is 71.2 cm³/mol. The predicted octanol–water partition coefficient (Wildman–Crippen LogP) is 2.24. The van der Waals surface area contributed by atoms with Crippen molar-refractivity contribution in [2.45, 2.75) is 37.6 Å². The summed E-state index contributed by atoms with van der Waals surface area (Å²) in [4.78, 5) is 11.0. The van der Waals surface area contributed by atoms with Crippen LogP contribution in [0.1, 0.15) is 32.3 Å². The summed E-state index contributed by atoms with van der Waals surface area (Å²) in [5.74, 6) is 0.332. The minimum atomic E-state index is -3.70. The lowest BCUT2D eigenvalue weighted by molar-refractivity contribution is -0.112. The molecule has 6 heteroatoms. The molecule has 0 amide bonds. The SMILES string of the molecule is CC(NS(=O)(=O)c1ccc(C(C)C)cc1)C(=O)Cl. The highest BCUT2D eigenvalue weighted by molar-refractivity contribution is 7.89. The van der Waals surface area contributed by atoms with Gasteiger partial charge in [0.25, 0.3) is 0 Å². The van der Waals surface area contributed by atoms with Crippen molar-refractivity contribution in [1.82, 2.24) is 4.72 Å². The normalized spacial score (nSPS) is 13.6. The summed E-state index contributed by atoms with van der Waals surface area (Å²) in [6.07, 6.45) is 0. The van der Waals surface area contributed by atoms with Crippen molar-refractivity contribution >= 4 is 26.9 Å². The van der Waals surface area contributed by atoms with Gasteiger partial charge < -0.3 is 0 Å². The smallest absolute Gasteiger partial charge is 0.241 e. The largest absolute Gasteiger partial charge is 0.279 e. The molecule has 0 radical (unpaired) electrons. The zero-order valence-corrected chi connectivity index (χ0v) is 12.0. The third-order valence-electron chi connectivity index (χ3n) is 2.53. The maximum atomic E-state index is 11.9. The average molecular weight is 290 g/mol. The van der Waals surface area contributed by atoms with Crippen molar-refractivity contribution in [3.8, 4) is 0 Å². The molecule has 1 unspecified atom stereocenters. The van der Waals surface area contributed by atoms with E-state index in [-0.39, 0.29) is 4.90 Å². The quantitative estimate of drug-likeness (QED) is 0.846. The Morgan fingerprint density at radius 3 is 2.06 bits per heavy atom. The lowest BCUT2D eigenvalue weighted by Gasteiger charge is -2.11. The molecule has 0 aliphatic heterocycles. The van der Waals surface area contributed by atoms with Gasteiger partial charge in [0.05, 0.1) is 10.9 Å². The summed E-state index contributed by atoms with van der Waals surface area (Å²) in [6.45, 7) is 5.45. The number of rotatable bonds is 5. The number of carbonyl (C=O) groups is 1. The first-order valence-corrected chi connectivity index (χ1v) is 7.42. The Morgan fingerprint density at radius 2 is 1.67 bits per heavy atom. The maximum Gasteiger partial charge on any atom is 0.241 e. The van der Waals surface area contributed by atoms with Gasteiger partial charge in [0.2, 0.25) is 15.3 Å². The number of nitrogens with one attached hydrogen (secondary N) is 1. The van der Waals surface area contributed by atoms with Crippen LogP contribution < -0.4 is 4.72 Å². The van der Waals surface area contributed by atoms with Crippen LogP contribution in [0, 0.1) is 0 Å². The van der Waals surface area contributed by atoms with Crippen molar-refractivity contribution in [3.05, 3.63) is 29.8 Å². The molecule has 0 saturated carbocycles. The van der Waals surface area contributed by atoms with Crippen molar-refractivity contribution in [3.63, 3.8) is 0 Å². The van der Waals surface area contributed by atoms with Crippen molar-refractivity contribution in [1.29, 1.82) is 0 Å². The topological polar surface area (TPSA) is 63.2 Å². The summed E-state index contributed by atoms with van der Waals surface area (Å²) < 4.78 is 26.0. The van der Waals surface area contributed by atoms with Gasteiger partial charge in [-0.05, 0) is 42.1 Å². The second kappa shape index (κ2) is 5.82. The first kappa shape index (κ1) is 15.1. The van der Waals surface area contributed by atoms with E-state index >= 15 is 0 Å². The van der Waals surface area contributed by atoms with E-state index in [2.05, 4.69) is 4.72 Å². The summed E-state index contributed by atoms with van der Waals surface area (Å²) in [6, 6.07) is 5.60. The second-order valence-corrected chi connectivity index (χ2v) is 6.46. The van der Waals surface area contributed by atoms with Crippen molar-refractivity contribution in [2.24, 2.45) is 0 Å². The number of halogens is 1. The number of hydrogen-bond acceptors (Lipinski definition) is 3. The van der Waals surface area contributed by atoms with E-state index in [9.17, 15) is 13.2 Å². The summed E-state index contributed by atoms with van der Waals surface area (Å²) >= 11 is 5.22. The standard InChI is InChI=1S/C12H16ClNO3S/c1-8(2)10-4-6-11(7-5-10)18(16,17)14-9(3)12(13)15/h4-9,14H,1-3H3. The molecular weight excluding hydrogens is 274 g/mol. The van der Waals surface area contributed by atoms with Gasteiger partial charge in [-0.15, -0.1) is 0 Å². The molecule has 0 aliphatic carbocycles. The summed E-state index contributed by atoms with van der Waals surface area (Å²) in [5, 5.41) is -0.739. The molecule has 0 saturated heterocycles. The third-order valence-corrected chi connectivity index (χ3v) is 4.41. The molecule has 100 valence electrons. The molecule has 1 atom stereocenters. The molecule has 0 spiro atoms. The van der Waals surface area contributed by atoms with E-state index in [1.54, 1.807) is 12.1 Å². The van der Waals surface area contributed by atoms with Crippen LogP contribution in [0.2, 0.25) is 0 Å². The van der Waals surface area contributed by atoms with Crippen molar-refractivity contribution in [2.75, 3.05) is 0 Å². The van der Waals surface area contributed by atoms with Crippen LogP contribution in [0.15, 0.2) is 29.2 Å². The molecule has 0 aliphatic rings. The van der Waals surface area contributed by atoms with Crippen LogP contribution in [0.3, 0.4) is 0 Å². The Kier molecular flexibility index (Phi) is 4.90. The lowest BCUT2D eigenvalue weighted by atomic mass is 10.0. The molecule has 0 bridgehead atoms. The molecule has 1 aromatic rings. The van der Waals surface area contributed by atoms with E-state index in [0.29, 0.717) is 5.92 Å². The Labute approximate surface area is 112 Å². The van der Waals surface area contributed by atoms with Gasteiger partial charge in [-0.3, -0.25) is 4.79 Å². The highest BCUT2D eigenvalue weighted by atomic mass is 35.5. The van der Waals surface area contributed by atoms with E-state index in [1.165, 1.54) is 19.1 Å². The fourth-order valence-corrected chi connectivity index (χ4v) is 2.70. The summed E-state index contributed by atoms with van der Waals surface area (Å²) in [5.41, 5.74) is 1.05. The van der Waals surface area contributed by atoms with Crippen LogP contribution in [0.25, 0.3) is 0 Å². The van der Waals surface area contributed by atoms with Gasteiger partial charge in [0, 0.05) is 0 Å². The van der Waals surface area contributed by atoms with Gasteiger partial charge in [-0.2, -0.15) is 4.72 Å². The molecule has 0 fully saturated rings. The molecule has 1 N–H and O–H groups in total. The van der Waals surface area contributed by atoms with Gasteiger partial charge in [0.1, 0.15) is 0 Å². The molecule has 1 rings (SSSR count). The first-order chi connectivity index (χ1) is 8.24. The van der Waals surface area contributed by atoms with Crippen LogP contribution in [0.5, 0.6) is 0 Å². The van der Waals surface area contributed by atoms with Gasteiger partial charge in [0.15, 0.2) is 0 Å². The molecular formula is C12H16ClNO3S. The van der Waals surface area contributed by atoms with Gasteiger partial charge >= 0.3 is 0 Å². The van der Waals surface area contributed by atoms with Crippen LogP contribution in [-0.4, -0.2) is 19.7 Å². The van der Waals surface area contributed by atoms with Gasteiger partial charge in [-0.25, -0.2) is 8.42 Å². The molecule has 0 aromatic heterocycles. The minimum absolute atomic E-state index is 0.122. The second-order valence-electron chi connectivity index (χ2n) is 4.37. The fourth-order valence-electron chi connectivity index (χ4n) is 1.38. The van der Waals surface area contributed by atoms with E-state index in [1.807, 2.05) is 13.8 Å². The number of benzene rings is 1. The first-order valence-electron chi connectivity index (χ1n) is 5.55. The number of carbonyl (C=O) groups excluding carboxylic acids is 1. The number of hydrogen-bond donors (Lipinski definition) is 1. The molecule has 0 heterocycles. The monoisotopic (exact) mass is 289 g/mol. The molecule has 18 heavy (non-hydrogen) atoms. The summed E-state index contributed by atoms with van der Waals surface area (Å²) in [7, 11) is -3.70. The van der Waals surface area contributed by atoms with Crippen LogP contribution >= 0.6 is 11.6 Å². The zero-order valence-electron chi connectivity index (χ0n) is 10.5. The Hall–Kier alpha value is -0.910. The minimum Gasteiger partial charge on any atom is -0.279 e. The highest BCUT2D eigenvalue weighted by Crippen LogP contribution is 2.17. The molecule has 4 nitrogen and oxygen atoms in total. The Balaban J connectivity index is 2.95. The Bertz CT molecular complexity index is 523. The average Bonchev–Trinajstić information content (AvgIpc) is 2.28. The third kappa shape index (κ3) is 3.80. The van der Waals surface area contributed by atoms with Crippen LogP contribution in [-0.2, 0) is 14.8 Å². The zero-order chi connectivity index (χ0) is 13.9. The molecule has 1 aromatic carbocycles. The highest BCUT2D eigenvalue weighted by Gasteiger charge is 2.20. The van der Waals surface area contributed by atoms with Crippen molar-refractivity contribution < 1.29 is 13.2 Å². The lowest BCUT2D eigenvalue weighted by Crippen LogP contribution is -2.36. The van der Waals surface area contributed by atoms with E-state index < -0.39 is 21.3 Å².